The molecule has 4 amide bonds. The van der Waals surface area contributed by atoms with Crippen LogP contribution in [0.15, 0.2) is 18.2 Å². The van der Waals surface area contributed by atoms with Gasteiger partial charge in [-0.05, 0) is 76.3 Å². The molecule has 3 aliphatic rings. The van der Waals surface area contributed by atoms with Gasteiger partial charge in [0.25, 0.3) is 11.8 Å². The number of imide groups is 1. The Hall–Kier alpha value is -2.92. The van der Waals surface area contributed by atoms with Gasteiger partial charge in [-0.15, -0.1) is 0 Å². The fraction of sp³-hybridized carbons (Fsp3) is 0.655. The van der Waals surface area contributed by atoms with Crippen molar-refractivity contribution in [1.29, 1.82) is 0 Å². The average Bonchev–Trinajstić information content (AvgIpc) is 3.40. The van der Waals surface area contributed by atoms with Crippen molar-refractivity contribution >= 4 is 31.9 Å². The number of fused-ring (bicyclic) bond motifs is 1. The number of amides is 4. The standard InChI is InChI=1S/C29H43N3O7Si/c1-29(2,3)39-28(36)30-22-8-7-9-24(22)38-20-10-11-21-19(16-20)17-31(26(21)34)23-12-13-25(33)32(27(23)35)18-37-14-15-40(4,5)6/h10-11,16,22-24H,7-9,12-15,17-18H2,1-6H3,(H,30,36)/t22-,23?,24-/m0/s1. The minimum atomic E-state index is -1.30. The molecule has 0 spiro atoms. The predicted molar refractivity (Wildman–Crippen MR) is 152 cm³/mol. The average molecular weight is 574 g/mol. The fourth-order valence-electron chi connectivity index (χ4n) is 5.29. The van der Waals surface area contributed by atoms with Crippen LogP contribution in [0.2, 0.25) is 25.7 Å². The van der Waals surface area contributed by atoms with E-state index in [9.17, 15) is 19.2 Å². The molecule has 1 aliphatic carbocycles. The number of ether oxygens (including phenoxy) is 3. The minimum absolute atomic E-state index is 0.0779. The van der Waals surface area contributed by atoms with Crippen molar-refractivity contribution in [3.05, 3.63) is 29.3 Å². The molecular weight excluding hydrogens is 530 g/mol. The smallest absolute Gasteiger partial charge is 0.408 e. The number of rotatable bonds is 9. The normalized spacial score (nSPS) is 23.4. The first-order chi connectivity index (χ1) is 18.7. The summed E-state index contributed by atoms with van der Waals surface area (Å²) in [6.07, 6.45) is 2.32. The second-order valence-corrected chi connectivity index (χ2v) is 18.8. The molecule has 2 heterocycles. The van der Waals surface area contributed by atoms with Gasteiger partial charge >= 0.3 is 6.09 Å². The van der Waals surface area contributed by atoms with Crippen LogP contribution in [0.3, 0.4) is 0 Å². The Morgan fingerprint density at radius 2 is 1.85 bits per heavy atom. The number of likely N-dealkylation sites (tertiary alicyclic amines) is 1. The van der Waals surface area contributed by atoms with E-state index in [-0.39, 0.29) is 49.6 Å². The second kappa shape index (κ2) is 11.9. The van der Waals surface area contributed by atoms with Crippen molar-refractivity contribution < 1.29 is 33.4 Å². The van der Waals surface area contributed by atoms with Crippen molar-refractivity contribution in [2.24, 2.45) is 0 Å². The molecule has 10 nitrogen and oxygen atoms in total. The Balaban J connectivity index is 1.37. The van der Waals surface area contributed by atoms with Crippen molar-refractivity contribution in [3.8, 4) is 5.75 Å². The number of nitrogens with zero attached hydrogens (tertiary/aromatic N) is 2. The van der Waals surface area contributed by atoms with Crippen LogP contribution in [0.25, 0.3) is 0 Å². The summed E-state index contributed by atoms with van der Waals surface area (Å²) in [6.45, 7) is 12.9. The summed E-state index contributed by atoms with van der Waals surface area (Å²) >= 11 is 0. The molecule has 2 fully saturated rings. The van der Waals surface area contributed by atoms with E-state index in [0.717, 1.165) is 35.8 Å². The van der Waals surface area contributed by atoms with Gasteiger partial charge in [0.05, 0.1) is 6.04 Å². The molecule has 1 N–H and O–H groups in total. The number of carbonyl (C=O) groups excluding carboxylic acids is 4. The van der Waals surface area contributed by atoms with E-state index in [1.54, 1.807) is 17.0 Å². The number of hydrogen-bond acceptors (Lipinski definition) is 7. The van der Waals surface area contributed by atoms with Gasteiger partial charge in [-0.1, -0.05) is 19.6 Å². The third-order valence-electron chi connectivity index (χ3n) is 7.43. The molecule has 1 aromatic rings. The van der Waals surface area contributed by atoms with E-state index in [0.29, 0.717) is 24.3 Å². The highest BCUT2D eigenvalue weighted by molar-refractivity contribution is 6.76. The second-order valence-electron chi connectivity index (χ2n) is 13.2. The topological polar surface area (TPSA) is 114 Å². The molecule has 2 aliphatic heterocycles. The lowest BCUT2D eigenvalue weighted by Gasteiger charge is -2.35. The largest absolute Gasteiger partial charge is 0.488 e. The van der Waals surface area contributed by atoms with E-state index in [1.807, 2.05) is 26.8 Å². The number of nitrogens with one attached hydrogen (secondary N) is 1. The van der Waals surface area contributed by atoms with Gasteiger partial charge in [0.15, 0.2) is 0 Å². The van der Waals surface area contributed by atoms with E-state index >= 15 is 0 Å². The Kier molecular flexibility index (Phi) is 8.94. The van der Waals surface area contributed by atoms with Crippen molar-refractivity contribution in [1.82, 2.24) is 15.1 Å². The number of piperidine rings is 1. The summed E-state index contributed by atoms with van der Waals surface area (Å²) in [7, 11) is -1.30. The zero-order valence-electron chi connectivity index (χ0n) is 24.6. The van der Waals surface area contributed by atoms with Crippen LogP contribution in [0.5, 0.6) is 5.75 Å². The predicted octanol–water partition coefficient (Wildman–Crippen LogP) is 4.30. The van der Waals surface area contributed by atoms with E-state index in [1.165, 1.54) is 0 Å². The maximum absolute atomic E-state index is 13.3. The lowest BCUT2D eigenvalue weighted by Crippen LogP contribution is -2.55. The Labute approximate surface area is 237 Å². The van der Waals surface area contributed by atoms with Crippen LogP contribution in [0, 0.1) is 0 Å². The molecule has 0 aromatic heterocycles. The van der Waals surface area contributed by atoms with Gasteiger partial charge in [0.1, 0.15) is 30.2 Å². The summed E-state index contributed by atoms with van der Waals surface area (Å²) < 4.78 is 17.3. The Bertz CT molecular complexity index is 1140. The van der Waals surface area contributed by atoms with Gasteiger partial charge < -0.3 is 24.4 Å². The minimum Gasteiger partial charge on any atom is -0.488 e. The Morgan fingerprint density at radius 1 is 1.10 bits per heavy atom. The molecule has 40 heavy (non-hydrogen) atoms. The molecule has 3 atom stereocenters. The first-order valence-corrected chi connectivity index (χ1v) is 17.9. The third kappa shape index (κ3) is 7.42. The van der Waals surface area contributed by atoms with Crippen LogP contribution >= 0.6 is 0 Å². The summed E-state index contributed by atoms with van der Waals surface area (Å²) in [5, 5.41) is 2.93. The summed E-state index contributed by atoms with van der Waals surface area (Å²) in [4.78, 5) is 54.1. The number of carbonyl (C=O) groups is 4. The first-order valence-electron chi connectivity index (χ1n) is 14.2. The number of benzene rings is 1. The quantitative estimate of drug-likeness (QED) is 0.266. The highest BCUT2D eigenvalue weighted by atomic mass is 28.3. The van der Waals surface area contributed by atoms with E-state index < -0.39 is 25.8 Å². The molecular formula is C29H43N3O7Si. The van der Waals surface area contributed by atoms with Gasteiger partial charge in [-0.3, -0.25) is 19.3 Å². The Morgan fingerprint density at radius 3 is 2.55 bits per heavy atom. The maximum Gasteiger partial charge on any atom is 0.408 e. The lowest BCUT2D eigenvalue weighted by atomic mass is 10.0. The van der Waals surface area contributed by atoms with Crippen LogP contribution in [-0.2, 0) is 25.6 Å². The van der Waals surface area contributed by atoms with Crippen molar-refractivity contribution in [2.45, 2.75) is 109 Å². The van der Waals surface area contributed by atoms with Crippen LogP contribution in [-0.4, -0.2) is 78.8 Å². The monoisotopic (exact) mass is 573 g/mol. The van der Waals surface area contributed by atoms with Crippen LogP contribution < -0.4 is 10.1 Å². The van der Waals surface area contributed by atoms with Crippen LogP contribution in [0.4, 0.5) is 4.79 Å². The molecule has 11 heteroatoms. The summed E-state index contributed by atoms with van der Waals surface area (Å²) in [5.41, 5.74) is 0.729. The van der Waals surface area contributed by atoms with Gasteiger partial charge in [0, 0.05) is 33.2 Å². The zero-order chi connectivity index (χ0) is 29.2. The SMILES string of the molecule is CC(C)(C)OC(=O)N[C@H]1CCC[C@@H]1Oc1ccc2c(c1)CN(C1CCC(=O)N(COCC[Si](C)(C)C)C1=O)C2=O. The van der Waals surface area contributed by atoms with Gasteiger partial charge in [-0.25, -0.2) is 4.79 Å². The fourth-order valence-corrected chi connectivity index (χ4v) is 6.05. The molecule has 4 rings (SSSR count). The molecule has 0 radical (unpaired) electrons. The molecule has 0 bridgehead atoms. The lowest BCUT2D eigenvalue weighted by molar-refractivity contribution is -0.158. The highest BCUT2D eigenvalue weighted by Crippen LogP contribution is 2.33. The molecule has 1 saturated carbocycles. The molecule has 1 saturated heterocycles. The molecule has 1 aromatic carbocycles. The first kappa shape index (κ1) is 30.0. The zero-order valence-corrected chi connectivity index (χ0v) is 25.6. The van der Waals surface area contributed by atoms with Crippen molar-refractivity contribution in [3.63, 3.8) is 0 Å². The molecule has 1 unspecified atom stereocenters. The van der Waals surface area contributed by atoms with Gasteiger partial charge in [-0.2, -0.15) is 0 Å². The number of hydrogen-bond donors (Lipinski definition) is 1. The van der Waals surface area contributed by atoms with Crippen molar-refractivity contribution in [2.75, 3.05) is 13.3 Å². The van der Waals surface area contributed by atoms with E-state index in [2.05, 4.69) is 25.0 Å². The third-order valence-corrected chi connectivity index (χ3v) is 9.13. The summed E-state index contributed by atoms with van der Waals surface area (Å²) in [5.74, 6) is -0.262. The summed E-state index contributed by atoms with van der Waals surface area (Å²) in [6, 6.07) is 5.39. The number of alkyl carbamates (subject to hydrolysis) is 1. The maximum atomic E-state index is 13.3. The molecule has 220 valence electrons. The van der Waals surface area contributed by atoms with Crippen LogP contribution in [0.1, 0.15) is 68.8 Å². The van der Waals surface area contributed by atoms with E-state index in [4.69, 9.17) is 14.2 Å². The highest BCUT2D eigenvalue weighted by Gasteiger charge is 2.43. The van der Waals surface area contributed by atoms with Gasteiger partial charge in [0.2, 0.25) is 5.91 Å².